The van der Waals surface area contributed by atoms with E-state index in [1.807, 2.05) is 0 Å². The monoisotopic (exact) mass is 338 g/mol. The molecule has 0 saturated carbocycles. The average Bonchev–Trinajstić information content (AvgIpc) is 2.65. The molecule has 2 aromatic rings. The number of hydrogen-bond donors (Lipinski definition) is 1. The summed E-state index contributed by atoms with van der Waals surface area (Å²) >= 11 is 5.62. The highest BCUT2D eigenvalue weighted by Gasteiger charge is 2.24. The molecule has 24 heavy (non-hydrogen) atoms. The number of fused-ring (bicyclic) bond motifs is 1. The molecule has 0 amide bonds. The summed E-state index contributed by atoms with van der Waals surface area (Å²) in [5.74, 6) is 0. The maximum absolute atomic E-state index is 5.62. The summed E-state index contributed by atoms with van der Waals surface area (Å²) < 4.78 is 0. The van der Waals surface area contributed by atoms with Crippen LogP contribution in [0.15, 0.2) is 48.5 Å². The van der Waals surface area contributed by atoms with Gasteiger partial charge in [-0.15, -0.1) is 0 Å². The second-order valence-corrected chi connectivity index (χ2v) is 6.86. The Bertz CT molecular complexity index is 710. The third-order valence-electron chi connectivity index (χ3n) is 4.97. The number of benzene rings is 2. The Kier molecular flexibility index (Phi) is 5.64. The van der Waals surface area contributed by atoms with Gasteiger partial charge in [-0.25, -0.2) is 0 Å². The van der Waals surface area contributed by atoms with E-state index in [0.29, 0.717) is 6.04 Å². The molecule has 1 aliphatic heterocycles. The third-order valence-corrected chi connectivity index (χ3v) is 5.35. The quantitative estimate of drug-likeness (QED) is 0.831. The van der Waals surface area contributed by atoms with Gasteiger partial charge in [0.25, 0.3) is 0 Å². The van der Waals surface area contributed by atoms with E-state index in [9.17, 15) is 0 Å². The number of likely N-dealkylation sites (N-methyl/N-ethyl adjacent to an activating group) is 1. The standard InChI is InChI=1S/C21H26N2S/c1-3-16-8-7-11-18(12-16)21(24)22-14-20-13-17-9-5-6-10-19(17)15-23(20)4-2/h5-12,20H,3-4,13-15H2,1-2H3,(H,22,24)/t20-/m0/s1. The summed E-state index contributed by atoms with van der Waals surface area (Å²) in [6.07, 6.45) is 2.13. The molecule has 1 aliphatic rings. The minimum absolute atomic E-state index is 0.497. The molecule has 0 unspecified atom stereocenters. The van der Waals surface area contributed by atoms with E-state index in [1.54, 1.807) is 0 Å². The van der Waals surface area contributed by atoms with Crippen molar-refractivity contribution in [3.63, 3.8) is 0 Å². The topological polar surface area (TPSA) is 15.3 Å². The SMILES string of the molecule is CCc1cccc(C(=S)NC[C@@H]2Cc3ccccc3CN2CC)c1. The van der Waals surface area contributed by atoms with Crippen molar-refractivity contribution in [1.29, 1.82) is 0 Å². The predicted molar refractivity (Wildman–Crippen MR) is 106 cm³/mol. The zero-order valence-corrected chi connectivity index (χ0v) is 15.4. The molecule has 0 fully saturated rings. The smallest absolute Gasteiger partial charge is 0.106 e. The van der Waals surface area contributed by atoms with Crippen LogP contribution in [0.1, 0.15) is 36.1 Å². The molecule has 126 valence electrons. The van der Waals surface area contributed by atoms with Gasteiger partial charge < -0.3 is 5.32 Å². The van der Waals surface area contributed by atoms with Crippen molar-refractivity contribution in [2.75, 3.05) is 13.1 Å². The number of nitrogens with one attached hydrogen (secondary N) is 1. The van der Waals surface area contributed by atoms with E-state index >= 15 is 0 Å². The van der Waals surface area contributed by atoms with E-state index in [0.717, 1.165) is 43.0 Å². The lowest BCUT2D eigenvalue weighted by Crippen LogP contribution is -2.47. The van der Waals surface area contributed by atoms with Crippen LogP contribution < -0.4 is 5.32 Å². The van der Waals surface area contributed by atoms with Crippen molar-refractivity contribution in [3.05, 3.63) is 70.8 Å². The van der Waals surface area contributed by atoms with Crippen molar-refractivity contribution in [1.82, 2.24) is 10.2 Å². The van der Waals surface area contributed by atoms with Gasteiger partial charge in [-0.1, -0.05) is 68.5 Å². The maximum atomic E-state index is 5.62. The molecule has 1 atom stereocenters. The van der Waals surface area contributed by atoms with Crippen LogP contribution >= 0.6 is 12.2 Å². The number of rotatable bonds is 5. The molecular formula is C21H26N2S. The summed E-state index contributed by atoms with van der Waals surface area (Å²) in [6.45, 7) is 7.42. The van der Waals surface area contributed by atoms with Crippen molar-refractivity contribution in [2.24, 2.45) is 0 Å². The maximum Gasteiger partial charge on any atom is 0.106 e. The number of nitrogens with zero attached hydrogens (tertiary/aromatic N) is 1. The predicted octanol–water partition coefficient (Wildman–Crippen LogP) is 3.96. The Balaban J connectivity index is 1.66. The van der Waals surface area contributed by atoms with Gasteiger partial charge in [0.1, 0.15) is 4.99 Å². The van der Waals surface area contributed by atoms with Gasteiger partial charge in [0.2, 0.25) is 0 Å². The Morgan fingerprint density at radius 1 is 1.12 bits per heavy atom. The van der Waals surface area contributed by atoms with Crippen LogP contribution in [-0.4, -0.2) is 29.0 Å². The zero-order chi connectivity index (χ0) is 16.9. The normalized spacial score (nSPS) is 17.3. The van der Waals surface area contributed by atoms with Gasteiger partial charge in [0.05, 0.1) is 0 Å². The average molecular weight is 339 g/mol. The van der Waals surface area contributed by atoms with Crippen LogP contribution in [0, 0.1) is 0 Å². The molecule has 2 nitrogen and oxygen atoms in total. The Morgan fingerprint density at radius 3 is 2.67 bits per heavy atom. The summed E-state index contributed by atoms with van der Waals surface area (Å²) in [4.78, 5) is 3.40. The van der Waals surface area contributed by atoms with Crippen LogP contribution in [0.5, 0.6) is 0 Å². The molecule has 2 aromatic carbocycles. The van der Waals surface area contributed by atoms with E-state index in [4.69, 9.17) is 12.2 Å². The fraction of sp³-hybridized carbons (Fsp3) is 0.381. The van der Waals surface area contributed by atoms with Crippen LogP contribution in [0.4, 0.5) is 0 Å². The summed E-state index contributed by atoms with van der Waals surface area (Å²) in [6, 6.07) is 17.8. The second-order valence-electron chi connectivity index (χ2n) is 6.45. The van der Waals surface area contributed by atoms with Crippen LogP contribution in [0.2, 0.25) is 0 Å². The molecular weight excluding hydrogens is 312 g/mol. The van der Waals surface area contributed by atoms with Gasteiger partial charge in [-0.05, 0) is 42.1 Å². The van der Waals surface area contributed by atoms with Gasteiger partial charge in [-0.3, -0.25) is 4.90 Å². The lowest BCUT2D eigenvalue weighted by atomic mass is 9.94. The largest absolute Gasteiger partial charge is 0.374 e. The first-order valence-electron chi connectivity index (χ1n) is 8.89. The summed E-state index contributed by atoms with van der Waals surface area (Å²) in [5.41, 5.74) is 5.41. The van der Waals surface area contributed by atoms with Gasteiger partial charge in [0.15, 0.2) is 0 Å². The first kappa shape index (κ1) is 17.1. The third kappa shape index (κ3) is 3.85. The highest BCUT2D eigenvalue weighted by Crippen LogP contribution is 2.22. The van der Waals surface area contributed by atoms with Gasteiger partial charge >= 0.3 is 0 Å². The Hall–Kier alpha value is -1.71. The van der Waals surface area contributed by atoms with Gasteiger partial charge in [0, 0.05) is 24.7 Å². The van der Waals surface area contributed by atoms with Crippen molar-refractivity contribution in [3.8, 4) is 0 Å². The minimum atomic E-state index is 0.497. The lowest BCUT2D eigenvalue weighted by Gasteiger charge is -2.36. The van der Waals surface area contributed by atoms with Gasteiger partial charge in [-0.2, -0.15) is 0 Å². The zero-order valence-electron chi connectivity index (χ0n) is 14.6. The molecule has 1 N–H and O–H groups in total. The van der Waals surface area contributed by atoms with Crippen LogP contribution in [0.3, 0.4) is 0 Å². The summed E-state index contributed by atoms with van der Waals surface area (Å²) in [5, 5.41) is 3.50. The highest BCUT2D eigenvalue weighted by atomic mass is 32.1. The van der Waals surface area contributed by atoms with Crippen molar-refractivity contribution < 1.29 is 0 Å². The molecule has 1 heterocycles. The molecule has 3 rings (SSSR count). The Morgan fingerprint density at radius 2 is 1.92 bits per heavy atom. The first-order valence-corrected chi connectivity index (χ1v) is 9.30. The molecule has 3 heteroatoms. The fourth-order valence-corrected chi connectivity index (χ4v) is 3.67. The van der Waals surface area contributed by atoms with E-state index < -0.39 is 0 Å². The lowest BCUT2D eigenvalue weighted by molar-refractivity contribution is 0.182. The van der Waals surface area contributed by atoms with E-state index in [2.05, 4.69) is 72.6 Å². The van der Waals surface area contributed by atoms with Crippen LogP contribution in [-0.2, 0) is 19.4 Å². The molecule has 0 radical (unpaired) electrons. The molecule has 0 aromatic heterocycles. The molecule has 0 bridgehead atoms. The molecule has 0 spiro atoms. The number of hydrogen-bond acceptors (Lipinski definition) is 2. The van der Waals surface area contributed by atoms with Crippen molar-refractivity contribution in [2.45, 2.75) is 39.3 Å². The molecule has 0 saturated heterocycles. The summed E-state index contributed by atoms with van der Waals surface area (Å²) in [7, 11) is 0. The minimum Gasteiger partial charge on any atom is -0.374 e. The van der Waals surface area contributed by atoms with E-state index in [1.165, 1.54) is 16.7 Å². The van der Waals surface area contributed by atoms with Crippen LogP contribution in [0.25, 0.3) is 0 Å². The second kappa shape index (κ2) is 7.91. The highest BCUT2D eigenvalue weighted by molar-refractivity contribution is 7.80. The first-order chi connectivity index (χ1) is 11.7. The Labute approximate surface area is 150 Å². The van der Waals surface area contributed by atoms with Crippen molar-refractivity contribution >= 4 is 17.2 Å². The van der Waals surface area contributed by atoms with E-state index in [-0.39, 0.29) is 0 Å². The number of thiocarbonyl (C=S) groups is 1. The number of aryl methyl sites for hydroxylation is 1. The fourth-order valence-electron chi connectivity index (χ4n) is 3.46. The molecule has 0 aliphatic carbocycles.